The Balaban J connectivity index is 1.24. The van der Waals surface area contributed by atoms with Gasteiger partial charge < -0.3 is 20.5 Å². The van der Waals surface area contributed by atoms with Gasteiger partial charge in [-0.25, -0.2) is 4.79 Å². The monoisotopic (exact) mass is 577 g/mol. The van der Waals surface area contributed by atoms with Crippen molar-refractivity contribution in [3.8, 4) is 0 Å². The van der Waals surface area contributed by atoms with Crippen molar-refractivity contribution in [3.63, 3.8) is 0 Å². The predicted molar refractivity (Wildman–Crippen MR) is 134 cm³/mol. The number of halogens is 6. The van der Waals surface area contributed by atoms with Crippen molar-refractivity contribution in [3.05, 3.63) is 59.7 Å². The fourth-order valence-corrected chi connectivity index (χ4v) is 5.72. The number of nitrogens with one attached hydrogen (secondary N) is 2. The molecule has 0 radical (unpaired) electrons. The summed E-state index contributed by atoms with van der Waals surface area (Å²) in [6.07, 6.45) is -9.29. The van der Waals surface area contributed by atoms with E-state index in [1.807, 2.05) is 24.3 Å². The standard InChI is InChI=1S/C26H29F6N3O3S/c27-25(28,29)24(37,26(30,31)32)18-3-1-17(2-4-18)15-35-12-9-22(10-13-35)39-21-7-5-19(6-8-21)33-23(36)34-20-11-14-38-16-20/h1-8,20,22,37H,9-16H2,(H2,33,34,36). The molecule has 0 saturated carbocycles. The number of carbonyl (C=O) groups is 1. The summed E-state index contributed by atoms with van der Waals surface area (Å²) < 4.78 is 83.8. The third-order valence-corrected chi connectivity index (χ3v) is 8.16. The van der Waals surface area contributed by atoms with Gasteiger partial charge in [-0.2, -0.15) is 26.3 Å². The topological polar surface area (TPSA) is 73.8 Å². The molecule has 0 aromatic heterocycles. The van der Waals surface area contributed by atoms with Gasteiger partial charge in [0.2, 0.25) is 0 Å². The zero-order valence-electron chi connectivity index (χ0n) is 20.8. The highest BCUT2D eigenvalue weighted by Gasteiger charge is 2.71. The van der Waals surface area contributed by atoms with Crippen molar-refractivity contribution in [2.24, 2.45) is 0 Å². The lowest BCUT2D eigenvalue weighted by Crippen LogP contribution is -2.53. The number of amides is 2. The van der Waals surface area contributed by atoms with Crippen molar-refractivity contribution in [1.29, 1.82) is 0 Å². The van der Waals surface area contributed by atoms with Gasteiger partial charge in [-0.15, -0.1) is 11.8 Å². The maximum atomic E-state index is 13.1. The highest BCUT2D eigenvalue weighted by molar-refractivity contribution is 8.00. The first-order chi connectivity index (χ1) is 18.3. The summed E-state index contributed by atoms with van der Waals surface area (Å²) in [4.78, 5) is 15.2. The van der Waals surface area contributed by atoms with Gasteiger partial charge in [-0.3, -0.25) is 4.90 Å². The molecule has 0 spiro atoms. The van der Waals surface area contributed by atoms with Crippen LogP contribution in [0.4, 0.5) is 36.8 Å². The predicted octanol–water partition coefficient (Wildman–Crippen LogP) is 5.67. The van der Waals surface area contributed by atoms with Crippen LogP contribution in [0.15, 0.2) is 53.4 Å². The Kier molecular flexibility index (Phi) is 9.04. The Labute approximate surface area is 226 Å². The lowest BCUT2D eigenvalue weighted by molar-refractivity contribution is -0.376. The van der Waals surface area contributed by atoms with Crippen LogP contribution >= 0.6 is 11.8 Å². The summed E-state index contributed by atoms with van der Waals surface area (Å²) >= 11 is 1.72. The third-order valence-electron chi connectivity index (χ3n) is 6.81. The molecule has 39 heavy (non-hydrogen) atoms. The first-order valence-corrected chi connectivity index (χ1v) is 13.3. The Morgan fingerprint density at radius 3 is 2.10 bits per heavy atom. The number of urea groups is 1. The normalized spacial score (nSPS) is 19.7. The number of nitrogens with zero attached hydrogens (tertiary/aromatic N) is 1. The second kappa shape index (κ2) is 11.9. The van der Waals surface area contributed by atoms with E-state index >= 15 is 0 Å². The molecule has 2 aliphatic rings. The first kappa shape index (κ1) is 29.5. The Morgan fingerprint density at radius 1 is 0.949 bits per heavy atom. The van der Waals surface area contributed by atoms with E-state index in [0.29, 0.717) is 48.4 Å². The van der Waals surface area contributed by atoms with Gasteiger partial charge in [-0.05, 0) is 62.2 Å². The summed E-state index contributed by atoms with van der Waals surface area (Å²) in [6.45, 7) is 2.98. The third kappa shape index (κ3) is 7.19. The molecule has 4 rings (SSSR count). The maximum Gasteiger partial charge on any atom is 0.430 e. The van der Waals surface area contributed by atoms with E-state index in [1.165, 1.54) is 12.1 Å². The van der Waals surface area contributed by atoms with Crippen LogP contribution in [0, 0.1) is 0 Å². The molecule has 2 aromatic rings. The van der Waals surface area contributed by atoms with E-state index in [2.05, 4.69) is 15.5 Å². The number of rotatable bonds is 7. The molecule has 2 saturated heterocycles. The molecular formula is C26H29F6N3O3S. The number of likely N-dealkylation sites (tertiary alicyclic amines) is 1. The van der Waals surface area contributed by atoms with Crippen LogP contribution in [0.25, 0.3) is 0 Å². The van der Waals surface area contributed by atoms with E-state index in [9.17, 15) is 36.2 Å². The molecule has 2 heterocycles. The molecule has 214 valence electrons. The summed E-state index contributed by atoms with van der Waals surface area (Å²) in [5, 5.41) is 15.6. The molecule has 1 atom stereocenters. The summed E-state index contributed by atoms with van der Waals surface area (Å²) in [6, 6.07) is 11.1. The molecule has 6 nitrogen and oxygen atoms in total. The van der Waals surface area contributed by atoms with E-state index < -0.39 is 23.5 Å². The summed E-state index contributed by atoms with van der Waals surface area (Å²) in [5.41, 5.74) is -4.93. The number of carbonyl (C=O) groups excluding carboxylic acids is 1. The average Bonchev–Trinajstić information content (AvgIpc) is 3.38. The Morgan fingerprint density at radius 2 is 1.56 bits per heavy atom. The fourth-order valence-electron chi connectivity index (χ4n) is 4.59. The molecule has 2 fully saturated rings. The van der Waals surface area contributed by atoms with E-state index in [-0.39, 0.29) is 12.1 Å². The molecule has 2 amide bonds. The number of ether oxygens (including phenoxy) is 1. The molecule has 1 unspecified atom stereocenters. The zero-order chi connectivity index (χ0) is 28.3. The molecule has 3 N–H and O–H groups in total. The molecular weight excluding hydrogens is 548 g/mol. The fraction of sp³-hybridized carbons (Fsp3) is 0.500. The van der Waals surface area contributed by atoms with Crippen molar-refractivity contribution in [1.82, 2.24) is 10.2 Å². The van der Waals surface area contributed by atoms with Crippen LogP contribution in [0.2, 0.25) is 0 Å². The van der Waals surface area contributed by atoms with Crippen LogP contribution in [0.1, 0.15) is 30.4 Å². The number of aliphatic hydroxyl groups is 1. The van der Waals surface area contributed by atoms with Crippen LogP contribution in [0.3, 0.4) is 0 Å². The minimum absolute atomic E-state index is 0.0221. The average molecular weight is 578 g/mol. The summed E-state index contributed by atoms with van der Waals surface area (Å²) in [5.74, 6) is 0. The molecule has 0 aliphatic carbocycles. The summed E-state index contributed by atoms with van der Waals surface area (Å²) in [7, 11) is 0. The lowest BCUT2D eigenvalue weighted by atomic mass is 9.91. The van der Waals surface area contributed by atoms with Crippen molar-refractivity contribution >= 4 is 23.5 Å². The molecule has 2 aromatic carbocycles. The highest BCUT2D eigenvalue weighted by Crippen LogP contribution is 2.50. The Hall–Kier alpha value is -2.48. The number of hydrogen-bond donors (Lipinski definition) is 3. The van der Waals surface area contributed by atoms with Crippen LogP contribution in [-0.2, 0) is 16.9 Å². The maximum absolute atomic E-state index is 13.1. The Bertz CT molecular complexity index is 1080. The second-order valence-corrected chi connectivity index (χ2v) is 11.1. The number of alkyl halides is 6. The van der Waals surface area contributed by atoms with Gasteiger partial charge in [0, 0.05) is 34.5 Å². The van der Waals surface area contributed by atoms with E-state index in [1.54, 1.807) is 11.8 Å². The van der Waals surface area contributed by atoms with E-state index in [0.717, 1.165) is 37.2 Å². The number of benzene rings is 2. The molecule has 0 bridgehead atoms. The number of piperidine rings is 1. The van der Waals surface area contributed by atoms with Gasteiger partial charge >= 0.3 is 18.4 Å². The van der Waals surface area contributed by atoms with Gasteiger partial charge in [-0.1, -0.05) is 24.3 Å². The largest absolute Gasteiger partial charge is 0.430 e. The van der Waals surface area contributed by atoms with Crippen LogP contribution < -0.4 is 10.6 Å². The van der Waals surface area contributed by atoms with Crippen LogP contribution in [-0.4, -0.2) is 66.0 Å². The van der Waals surface area contributed by atoms with Crippen molar-refractivity contribution < 1.29 is 41.0 Å². The minimum Gasteiger partial charge on any atom is -0.379 e. The molecule has 13 heteroatoms. The van der Waals surface area contributed by atoms with Gasteiger partial charge in [0.25, 0.3) is 5.60 Å². The van der Waals surface area contributed by atoms with Gasteiger partial charge in [0.15, 0.2) is 0 Å². The number of hydrogen-bond acceptors (Lipinski definition) is 5. The lowest BCUT2D eigenvalue weighted by Gasteiger charge is -2.33. The first-order valence-electron chi connectivity index (χ1n) is 12.4. The number of anilines is 1. The zero-order valence-corrected chi connectivity index (χ0v) is 21.6. The quantitative estimate of drug-likeness (QED) is 0.370. The van der Waals surface area contributed by atoms with Gasteiger partial charge in [0.1, 0.15) is 0 Å². The second-order valence-electron chi connectivity index (χ2n) is 9.68. The van der Waals surface area contributed by atoms with Crippen molar-refractivity contribution in [2.45, 2.75) is 59.9 Å². The SMILES string of the molecule is O=C(Nc1ccc(SC2CCN(Cc3ccc(C(O)(C(F)(F)F)C(F)(F)F)cc3)CC2)cc1)NC1CCOC1. The van der Waals surface area contributed by atoms with Gasteiger partial charge in [0.05, 0.1) is 12.6 Å². The number of thioether (sulfide) groups is 1. The van der Waals surface area contributed by atoms with Crippen LogP contribution in [0.5, 0.6) is 0 Å². The molecule has 2 aliphatic heterocycles. The minimum atomic E-state index is -5.90. The highest BCUT2D eigenvalue weighted by atomic mass is 32.2. The smallest absolute Gasteiger partial charge is 0.379 e. The van der Waals surface area contributed by atoms with E-state index in [4.69, 9.17) is 4.74 Å². The van der Waals surface area contributed by atoms with Crippen molar-refractivity contribution in [2.75, 3.05) is 31.6 Å².